The second-order valence-electron chi connectivity index (χ2n) is 6.09. The van der Waals surface area contributed by atoms with Crippen molar-refractivity contribution >= 4 is 56.5 Å². The lowest BCUT2D eigenvalue weighted by molar-refractivity contribution is 0.455. The minimum atomic E-state index is -5.14. The highest BCUT2D eigenvalue weighted by Crippen LogP contribution is 2.52. The smallest absolute Gasteiger partial charge is 0.283 e. The minimum Gasteiger partial charge on any atom is -0.508 e. The molecule has 0 amide bonds. The van der Waals surface area contributed by atoms with Crippen LogP contribution >= 0.6 is 46.4 Å². The van der Waals surface area contributed by atoms with Crippen LogP contribution in [0.2, 0.25) is 20.1 Å². The van der Waals surface area contributed by atoms with Crippen molar-refractivity contribution in [3.05, 3.63) is 91.4 Å². The summed E-state index contributed by atoms with van der Waals surface area (Å²) >= 11 is 25.1. The number of hydrogen-bond acceptors (Lipinski definition) is 4. The lowest BCUT2D eigenvalue weighted by atomic mass is 9.83. The Labute approximate surface area is 186 Å². The van der Waals surface area contributed by atoms with E-state index in [1.165, 1.54) is 36.4 Å². The zero-order chi connectivity index (χ0) is 21.6. The van der Waals surface area contributed by atoms with Crippen LogP contribution in [0, 0.1) is 0 Å². The molecule has 1 atom stereocenters. The van der Waals surface area contributed by atoms with Crippen molar-refractivity contribution < 1.29 is 23.2 Å². The van der Waals surface area contributed by atoms with Gasteiger partial charge in [-0.15, -0.1) is 0 Å². The van der Waals surface area contributed by atoms with E-state index in [0.717, 1.165) is 18.2 Å². The van der Waals surface area contributed by atoms with Crippen molar-refractivity contribution in [2.75, 3.05) is 0 Å². The molecule has 0 aliphatic rings. The SMILES string of the molecule is O=S(=O)(O)C(c1cccc(O)c1)(c1cc(O)cc(Cl)c1Cl)c1c(Cl)cccc1Cl. The van der Waals surface area contributed by atoms with Crippen LogP contribution in [-0.4, -0.2) is 23.2 Å². The summed E-state index contributed by atoms with van der Waals surface area (Å²) < 4.78 is 34.0. The molecule has 3 aromatic rings. The predicted molar refractivity (Wildman–Crippen MR) is 114 cm³/mol. The molecule has 0 aliphatic heterocycles. The number of phenolic OH excluding ortho intramolecular Hbond substituents is 2. The van der Waals surface area contributed by atoms with Crippen molar-refractivity contribution in [2.45, 2.75) is 4.75 Å². The molecular formula is C19H12Cl4O5S. The monoisotopic (exact) mass is 492 g/mol. The van der Waals surface area contributed by atoms with Crippen LogP contribution in [0.4, 0.5) is 0 Å². The van der Waals surface area contributed by atoms with E-state index < -0.39 is 20.6 Å². The summed E-state index contributed by atoms with van der Waals surface area (Å²) in [6.07, 6.45) is 0. The van der Waals surface area contributed by atoms with Crippen LogP contribution in [0.5, 0.6) is 11.5 Å². The van der Waals surface area contributed by atoms with Crippen molar-refractivity contribution in [3.8, 4) is 11.5 Å². The van der Waals surface area contributed by atoms with E-state index in [0.29, 0.717) is 0 Å². The summed E-state index contributed by atoms with van der Waals surface area (Å²) in [5.41, 5.74) is -0.647. The summed E-state index contributed by atoms with van der Waals surface area (Å²) in [7, 11) is -5.14. The molecule has 0 bridgehead atoms. The standard InChI is InChI=1S/C19H12Cl4O5S/c20-14-5-2-6-15(21)17(14)19(29(26,27)28,10-3-1-4-11(24)7-10)13-8-12(25)9-16(22)18(13)23/h1-9,24-25H,(H,26,27,28). The Balaban J connectivity index is 2.68. The summed E-state index contributed by atoms with van der Waals surface area (Å²) in [5.74, 6) is -0.702. The van der Waals surface area contributed by atoms with E-state index in [9.17, 15) is 23.2 Å². The molecule has 3 aromatic carbocycles. The molecule has 0 spiro atoms. The van der Waals surface area contributed by atoms with E-state index in [1.54, 1.807) is 0 Å². The molecule has 29 heavy (non-hydrogen) atoms. The third kappa shape index (κ3) is 3.65. The first-order valence-electron chi connectivity index (χ1n) is 7.89. The molecule has 5 nitrogen and oxygen atoms in total. The molecule has 0 radical (unpaired) electrons. The molecule has 3 rings (SSSR count). The fourth-order valence-corrected chi connectivity index (χ4v) is 5.90. The third-order valence-corrected chi connectivity index (χ3v) is 7.21. The average molecular weight is 494 g/mol. The number of phenols is 2. The Kier molecular flexibility index (Phi) is 5.98. The molecule has 1 unspecified atom stereocenters. The highest BCUT2D eigenvalue weighted by Gasteiger charge is 2.52. The molecule has 0 fully saturated rings. The molecule has 0 aromatic heterocycles. The van der Waals surface area contributed by atoms with Crippen LogP contribution in [0.3, 0.4) is 0 Å². The normalized spacial score (nSPS) is 13.8. The summed E-state index contributed by atoms with van der Waals surface area (Å²) in [4.78, 5) is 0. The highest BCUT2D eigenvalue weighted by atomic mass is 35.5. The fraction of sp³-hybridized carbons (Fsp3) is 0.0526. The Morgan fingerprint density at radius 1 is 0.759 bits per heavy atom. The van der Waals surface area contributed by atoms with Gasteiger partial charge in [0.05, 0.1) is 10.0 Å². The Hall–Kier alpha value is -1.67. The van der Waals surface area contributed by atoms with Gasteiger partial charge in [-0.05, 0) is 35.9 Å². The topological polar surface area (TPSA) is 94.8 Å². The first-order valence-corrected chi connectivity index (χ1v) is 10.8. The molecule has 0 aliphatic carbocycles. The lowest BCUT2D eigenvalue weighted by Gasteiger charge is -2.34. The quantitative estimate of drug-likeness (QED) is 0.311. The number of halogens is 4. The van der Waals surface area contributed by atoms with Crippen LogP contribution < -0.4 is 0 Å². The average Bonchev–Trinajstić information content (AvgIpc) is 2.60. The zero-order valence-corrected chi connectivity index (χ0v) is 18.1. The Morgan fingerprint density at radius 2 is 1.34 bits per heavy atom. The maximum atomic E-state index is 13.0. The number of benzene rings is 3. The van der Waals surface area contributed by atoms with Gasteiger partial charge in [-0.3, -0.25) is 4.55 Å². The maximum Gasteiger partial charge on any atom is 0.283 e. The number of hydrogen-bond donors (Lipinski definition) is 3. The molecular weight excluding hydrogens is 482 g/mol. The number of rotatable bonds is 4. The molecule has 152 valence electrons. The van der Waals surface area contributed by atoms with Crippen LogP contribution in [-0.2, 0) is 14.9 Å². The summed E-state index contributed by atoms with van der Waals surface area (Å²) in [6.45, 7) is 0. The molecule has 3 N–H and O–H groups in total. The van der Waals surface area contributed by atoms with Gasteiger partial charge in [-0.1, -0.05) is 64.6 Å². The minimum absolute atomic E-state index is 0.103. The van der Waals surface area contributed by atoms with Crippen LogP contribution in [0.25, 0.3) is 0 Å². The first-order chi connectivity index (χ1) is 13.5. The summed E-state index contributed by atoms with van der Waals surface area (Å²) in [6, 6.07) is 11.5. The lowest BCUT2D eigenvalue weighted by Crippen LogP contribution is -2.39. The fourth-order valence-electron chi connectivity index (χ4n) is 3.24. The van der Waals surface area contributed by atoms with Crippen LogP contribution in [0.1, 0.15) is 16.7 Å². The third-order valence-electron chi connectivity index (χ3n) is 4.35. The van der Waals surface area contributed by atoms with Gasteiger partial charge in [0.25, 0.3) is 10.1 Å². The second kappa shape index (κ2) is 7.87. The molecule has 0 saturated heterocycles. The largest absolute Gasteiger partial charge is 0.508 e. The van der Waals surface area contributed by atoms with Gasteiger partial charge >= 0.3 is 0 Å². The highest BCUT2D eigenvalue weighted by molar-refractivity contribution is 7.87. The van der Waals surface area contributed by atoms with E-state index in [-0.39, 0.29) is 42.5 Å². The van der Waals surface area contributed by atoms with Crippen molar-refractivity contribution in [2.24, 2.45) is 0 Å². The maximum absolute atomic E-state index is 13.0. The van der Waals surface area contributed by atoms with Crippen molar-refractivity contribution in [1.29, 1.82) is 0 Å². The Bertz CT molecular complexity index is 1190. The summed E-state index contributed by atoms with van der Waals surface area (Å²) in [5, 5.41) is 19.5. The van der Waals surface area contributed by atoms with Gasteiger partial charge in [-0.25, -0.2) is 0 Å². The van der Waals surface area contributed by atoms with E-state index >= 15 is 0 Å². The molecule has 0 saturated carbocycles. The van der Waals surface area contributed by atoms with Gasteiger partial charge in [0.1, 0.15) is 11.5 Å². The predicted octanol–water partition coefficient (Wildman–Crippen LogP) is 5.89. The number of aromatic hydroxyl groups is 2. The van der Waals surface area contributed by atoms with Gasteiger partial charge in [-0.2, -0.15) is 8.42 Å². The van der Waals surface area contributed by atoms with Gasteiger partial charge in [0.15, 0.2) is 4.75 Å². The molecule has 10 heteroatoms. The van der Waals surface area contributed by atoms with E-state index in [4.69, 9.17) is 46.4 Å². The van der Waals surface area contributed by atoms with E-state index in [1.807, 2.05) is 0 Å². The second-order valence-corrected chi connectivity index (χ2v) is 9.25. The van der Waals surface area contributed by atoms with E-state index in [2.05, 4.69) is 0 Å². The van der Waals surface area contributed by atoms with Crippen molar-refractivity contribution in [1.82, 2.24) is 0 Å². The van der Waals surface area contributed by atoms with Gasteiger partial charge in [0, 0.05) is 27.2 Å². The molecule has 0 heterocycles. The first kappa shape index (κ1) is 22.0. The zero-order valence-electron chi connectivity index (χ0n) is 14.3. The van der Waals surface area contributed by atoms with Crippen LogP contribution in [0.15, 0.2) is 54.6 Å². The van der Waals surface area contributed by atoms with Crippen molar-refractivity contribution in [3.63, 3.8) is 0 Å². The van der Waals surface area contributed by atoms with Gasteiger partial charge in [0.2, 0.25) is 0 Å². The van der Waals surface area contributed by atoms with Gasteiger partial charge < -0.3 is 10.2 Å². The Morgan fingerprint density at radius 3 is 1.90 bits per heavy atom.